The minimum atomic E-state index is 0.120. The van der Waals surface area contributed by atoms with Crippen molar-refractivity contribution in [2.45, 2.75) is 51.7 Å². The SMILES string of the molecule is Cc1nn(CC(=O)N2CCCCC2CCn2cccn2)cc1Cl. The summed E-state index contributed by atoms with van der Waals surface area (Å²) in [7, 11) is 0. The number of nitrogens with zero attached hydrogens (tertiary/aromatic N) is 5. The molecule has 1 amide bonds. The van der Waals surface area contributed by atoms with Crippen LogP contribution in [0.15, 0.2) is 24.7 Å². The first-order valence-electron chi connectivity index (χ1n) is 8.10. The number of halogens is 1. The molecule has 1 unspecified atom stereocenters. The molecule has 0 aromatic carbocycles. The van der Waals surface area contributed by atoms with Crippen molar-refractivity contribution in [2.75, 3.05) is 6.54 Å². The van der Waals surface area contributed by atoms with Crippen LogP contribution in [0, 0.1) is 6.92 Å². The summed E-state index contributed by atoms with van der Waals surface area (Å²) in [6, 6.07) is 2.21. The summed E-state index contributed by atoms with van der Waals surface area (Å²) in [5.74, 6) is 0.120. The number of amides is 1. The van der Waals surface area contributed by atoms with Gasteiger partial charge < -0.3 is 4.90 Å². The Morgan fingerprint density at radius 3 is 2.96 bits per heavy atom. The molecule has 1 aliphatic rings. The molecule has 6 nitrogen and oxygen atoms in total. The second-order valence-corrected chi connectivity index (χ2v) is 6.46. The molecule has 1 aliphatic heterocycles. The highest BCUT2D eigenvalue weighted by atomic mass is 35.5. The molecule has 2 aromatic heterocycles. The fraction of sp³-hybridized carbons (Fsp3) is 0.562. The number of aryl methyl sites for hydroxylation is 2. The van der Waals surface area contributed by atoms with Crippen LogP contribution in [0.2, 0.25) is 5.02 Å². The average Bonchev–Trinajstić information content (AvgIpc) is 3.16. The predicted octanol–water partition coefficient (Wildman–Crippen LogP) is 2.51. The van der Waals surface area contributed by atoms with E-state index in [1.807, 2.05) is 28.8 Å². The first-order valence-corrected chi connectivity index (χ1v) is 8.48. The van der Waals surface area contributed by atoms with Crippen molar-refractivity contribution < 1.29 is 4.79 Å². The number of piperidine rings is 1. The van der Waals surface area contributed by atoms with Crippen LogP contribution in [0.3, 0.4) is 0 Å². The van der Waals surface area contributed by atoms with E-state index in [0.29, 0.717) is 5.02 Å². The normalized spacial score (nSPS) is 18.3. The number of rotatable bonds is 5. The second kappa shape index (κ2) is 7.17. The molecule has 1 atom stereocenters. The van der Waals surface area contributed by atoms with E-state index >= 15 is 0 Å². The van der Waals surface area contributed by atoms with E-state index in [1.165, 1.54) is 6.42 Å². The summed E-state index contributed by atoms with van der Waals surface area (Å²) in [6.07, 6.45) is 9.72. The molecule has 2 aromatic rings. The van der Waals surface area contributed by atoms with E-state index in [9.17, 15) is 4.79 Å². The third-order valence-corrected chi connectivity index (χ3v) is 4.75. The van der Waals surface area contributed by atoms with Crippen LogP contribution in [-0.4, -0.2) is 43.0 Å². The number of likely N-dealkylation sites (tertiary alicyclic amines) is 1. The lowest BCUT2D eigenvalue weighted by molar-refractivity contribution is -0.136. The molecule has 0 bridgehead atoms. The van der Waals surface area contributed by atoms with Gasteiger partial charge in [0.1, 0.15) is 6.54 Å². The van der Waals surface area contributed by atoms with Gasteiger partial charge in [-0.1, -0.05) is 11.6 Å². The minimum absolute atomic E-state index is 0.120. The Balaban J connectivity index is 1.61. The van der Waals surface area contributed by atoms with Gasteiger partial charge in [0.05, 0.1) is 10.7 Å². The summed E-state index contributed by atoms with van der Waals surface area (Å²) in [6.45, 7) is 3.77. The third-order valence-electron chi connectivity index (χ3n) is 4.38. The summed E-state index contributed by atoms with van der Waals surface area (Å²) < 4.78 is 3.56. The van der Waals surface area contributed by atoms with Crippen LogP contribution in [0.25, 0.3) is 0 Å². The van der Waals surface area contributed by atoms with E-state index in [-0.39, 0.29) is 18.5 Å². The van der Waals surface area contributed by atoms with Crippen LogP contribution >= 0.6 is 11.6 Å². The summed E-state index contributed by atoms with van der Waals surface area (Å²) >= 11 is 6.02. The molecule has 124 valence electrons. The van der Waals surface area contributed by atoms with Gasteiger partial charge in [0.25, 0.3) is 0 Å². The van der Waals surface area contributed by atoms with Gasteiger partial charge in [0, 0.05) is 37.7 Å². The predicted molar refractivity (Wildman–Crippen MR) is 88.2 cm³/mol. The van der Waals surface area contributed by atoms with Gasteiger partial charge in [-0.15, -0.1) is 0 Å². The zero-order chi connectivity index (χ0) is 16.2. The van der Waals surface area contributed by atoms with Crippen molar-refractivity contribution in [1.29, 1.82) is 0 Å². The maximum Gasteiger partial charge on any atom is 0.244 e. The monoisotopic (exact) mass is 335 g/mol. The minimum Gasteiger partial charge on any atom is -0.338 e. The first-order chi connectivity index (χ1) is 11.1. The molecule has 3 rings (SSSR count). The summed E-state index contributed by atoms with van der Waals surface area (Å²) in [4.78, 5) is 14.7. The quantitative estimate of drug-likeness (QED) is 0.843. The van der Waals surface area contributed by atoms with Crippen molar-refractivity contribution in [3.8, 4) is 0 Å². The van der Waals surface area contributed by atoms with Crippen LogP contribution in [0.4, 0.5) is 0 Å². The van der Waals surface area contributed by atoms with Gasteiger partial charge in [-0.05, 0) is 38.7 Å². The molecule has 0 radical (unpaired) electrons. The zero-order valence-electron chi connectivity index (χ0n) is 13.4. The lowest BCUT2D eigenvalue weighted by atomic mass is 9.99. The fourth-order valence-electron chi connectivity index (χ4n) is 3.15. The Labute approximate surface area is 141 Å². The van der Waals surface area contributed by atoms with Crippen LogP contribution in [0.1, 0.15) is 31.4 Å². The molecule has 23 heavy (non-hydrogen) atoms. The highest BCUT2D eigenvalue weighted by Gasteiger charge is 2.26. The maximum atomic E-state index is 12.7. The highest BCUT2D eigenvalue weighted by molar-refractivity contribution is 6.31. The zero-order valence-corrected chi connectivity index (χ0v) is 14.1. The largest absolute Gasteiger partial charge is 0.338 e. The van der Waals surface area contributed by atoms with Crippen molar-refractivity contribution in [3.05, 3.63) is 35.4 Å². The van der Waals surface area contributed by atoms with Gasteiger partial charge in [0.15, 0.2) is 0 Å². The molecule has 0 spiro atoms. The molecule has 0 N–H and O–H groups in total. The lowest BCUT2D eigenvalue weighted by Crippen LogP contribution is -2.45. The van der Waals surface area contributed by atoms with Gasteiger partial charge in [0.2, 0.25) is 5.91 Å². The smallest absolute Gasteiger partial charge is 0.244 e. The lowest BCUT2D eigenvalue weighted by Gasteiger charge is -2.36. The van der Waals surface area contributed by atoms with E-state index in [2.05, 4.69) is 10.2 Å². The van der Waals surface area contributed by atoms with E-state index in [0.717, 1.165) is 38.0 Å². The van der Waals surface area contributed by atoms with Gasteiger partial charge in [-0.3, -0.25) is 14.2 Å². The summed E-state index contributed by atoms with van der Waals surface area (Å²) in [5, 5.41) is 9.12. The molecule has 1 fully saturated rings. The van der Waals surface area contributed by atoms with E-state index in [1.54, 1.807) is 17.1 Å². The Morgan fingerprint density at radius 1 is 1.39 bits per heavy atom. The summed E-state index contributed by atoms with van der Waals surface area (Å²) in [5.41, 5.74) is 0.758. The third kappa shape index (κ3) is 3.93. The molecular weight excluding hydrogens is 314 g/mol. The number of hydrogen-bond donors (Lipinski definition) is 0. The highest BCUT2D eigenvalue weighted by Crippen LogP contribution is 2.21. The van der Waals surface area contributed by atoms with Crippen molar-refractivity contribution in [2.24, 2.45) is 0 Å². The Hall–Kier alpha value is -1.82. The fourth-order valence-corrected chi connectivity index (χ4v) is 3.30. The van der Waals surface area contributed by atoms with Crippen LogP contribution < -0.4 is 0 Å². The van der Waals surface area contributed by atoms with Crippen molar-refractivity contribution in [3.63, 3.8) is 0 Å². The number of carbonyl (C=O) groups is 1. The van der Waals surface area contributed by atoms with Crippen molar-refractivity contribution >= 4 is 17.5 Å². The molecule has 0 saturated carbocycles. The average molecular weight is 336 g/mol. The van der Waals surface area contributed by atoms with E-state index in [4.69, 9.17) is 11.6 Å². The molecular formula is C16H22ClN5O. The van der Waals surface area contributed by atoms with Crippen LogP contribution in [-0.2, 0) is 17.9 Å². The Kier molecular flexibility index (Phi) is 5.00. The number of hydrogen-bond acceptors (Lipinski definition) is 3. The maximum absolute atomic E-state index is 12.7. The Morgan fingerprint density at radius 2 is 2.26 bits per heavy atom. The number of carbonyl (C=O) groups excluding carboxylic acids is 1. The molecule has 3 heterocycles. The van der Waals surface area contributed by atoms with Gasteiger partial charge in [-0.25, -0.2) is 0 Å². The number of aromatic nitrogens is 4. The molecule has 0 aliphatic carbocycles. The Bertz CT molecular complexity index is 632. The standard InChI is InChI=1S/C16H22ClN5O/c1-13-15(17)11-21(19-13)12-16(23)22-9-3-2-5-14(22)6-10-20-8-4-7-18-20/h4,7-8,11,14H,2-3,5-6,9-10,12H2,1H3. The van der Waals surface area contributed by atoms with Crippen molar-refractivity contribution in [1.82, 2.24) is 24.5 Å². The van der Waals surface area contributed by atoms with Crippen LogP contribution in [0.5, 0.6) is 0 Å². The topological polar surface area (TPSA) is 56.0 Å². The van der Waals surface area contributed by atoms with Gasteiger partial charge in [-0.2, -0.15) is 10.2 Å². The van der Waals surface area contributed by atoms with Gasteiger partial charge >= 0.3 is 0 Å². The molecule has 1 saturated heterocycles. The second-order valence-electron chi connectivity index (χ2n) is 6.05. The molecule has 7 heteroatoms. The van der Waals surface area contributed by atoms with E-state index < -0.39 is 0 Å². The first kappa shape index (κ1) is 16.1.